The van der Waals surface area contributed by atoms with Crippen molar-refractivity contribution in [1.82, 2.24) is 5.48 Å². The van der Waals surface area contributed by atoms with Crippen LogP contribution in [0.2, 0.25) is 0 Å². The molecule has 6 nitrogen and oxygen atoms in total. The van der Waals surface area contributed by atoms with Crippen LogP contribution < -0.4 is 5.48 Å². The molecule has 1 aromatic carbocycles. The summed E-state index contributed by atoms with van der Waals surface area (Å²) in [5.74, 6) is -0.214. The van der Waals surface area contributed by atoms with E-state index in [1.807, 2.05) is 0 Å². The summed E-state index contributed by atoms with van der Waals surface area (Å²) in [7, 11) is 1.37. The van der Waals surface area contributed by atoms with Crippen molar-refractivity contribution in [2.75, 3.05) is 7.11 Å². The highest BCUT2D eigenvalue weighted by molar-refractivity contribution is 5.68. The lowest BCUT2D eigenvalue weighted by atomic mass is 9.84. The molecule has 0 aliphatic heterocycles. The van der Waals surface area contributed by atoms with Gasteiger partial charge in [0.2, 0.25) is 0 Å². The lowest BCUT2D eigenvalue weighted by Crippen LogP contribution is -2.32. The minimum absolute atomic E-state index is 0.000856. The lowest BCUT2D eigenvalue weighted by molar-refractivity contribution is -0.140. The number of carbonyl (C=O) groups is 1. The normalized spacial score (nSPS) is 23.7. The number of alkyl halides is 3. The number of benzene rings is 1. The Labute approximate surface area is 199 Å². The van der Waals surface area contributed by atoms with Crippen LogP contribution >= 0.6 is 0 Å². The molecule has 194 valence electrons. The molecule has 5 atom stereocenters. The van der Waals surface area contributed by atoms with Crippen molar-refractivity contribution in [2.45, 2.75) is 95.1 Å². The maximum absolute atomic E-state index is 12.9. The molecule has 4 N–H and O–H groups in total. The van der Waals surface area contributed by atoms with Crippen LogP contribution in [-0.2, 0) is 22.1 Å². The molecule has 0 bridgehead atoms. The Bertz CT molecular complexity index is 746. The summed E-state index contributed by atoms with van der Waals surface area (Å²) in [6, 6.07) is 4.90. The molecule has 0 aromatic heterocycles. The highest BCUT2D eigenvalue weighted by Crippen LogP contribution is 2.39. The average Bonchev–Trinajstić information content (AvgIpc) is 3.12. The minimum Gasteiger partial charge on any atom is -0.469 e. The standard InChI is InChI=1S/C25H38F3NO5/c1-34-24(32)10-5-3-2-4-9-21-20(22(29-33)16-23(21)31)14-13-19(30)12-11-17-7-6-8-18(15-17)25(26,27)28/h6-8,15,19-23,29-31,33H,2-5,9-14,16H2,1H3. The van der Waals surface area contributed by atoms with Crippen LogP contribution in [0, 0.1) is 11.8 Å². The molecular formula is C25H38F3NO5. The van der Waals surface area contributed by atoms with Gasteiger partial charge in [0.1, 0.15) is 0 Å². The summed E-state index contributed by atoms with van der Waals surface area (Å²) in [6.07, 6.45) is 1.28. The summed E-state index contributed by atoms with van der Waals surface area (Å²) >= 11 is 0. The molecule has 9 heteroatoms. The van der Waals surface area contributed by atoms with Crippen molar-refractivity contribution < 1.29 is 38.1 Å². The second-order valence-electron chi connectivity index (χ2n) is 9.36. The van der Waals surface area contributed by atoms with Crippen molar-refractivity contribution in [2.24, 2.45) is 11.8 Å². The first-order valence-corrected chi connectivity index (χ1v) is 12.1. The number of hydrogen-bond donors (Lipinski definition) is 4. The van der Waals surface area contributed by atoms with Crippen molar-refractivity contribution in [1.29, 1.82) is 0 Å². The smallest absolute Gasteiger partial charge is 0.416 e. The zero-order valence-corrected chi connectivity index (χ0v) is 19.8. The first kappa shape index (κ1) is 28.6. The fourth-order valence-corrected chi connectivity index (χ4v) is 5.03. The number of unbranched alkanes of at least 4 members (excludes halogenated alkanes) is 3. The van der Waals surface area contributed by atoms with Crippen molar-refractivity contribution in [3.63, 3.8) is 0 Å². The van der Waals surface area contributed by atoms with E-state index in [-0.39, 0.29) is 23.8 Å². The third-order valence-electron chi connectivity index (χ3n) is 6.97. The van der Waals surface area contributed by atoms with Crippen LogP contribution in [0.3, 0.4) is 0 Å². The fraction of sp³-hybridized carbons (Fsp3) is 0.720. The number of aliphatic hydroxyl groups excluding tert-OH is 2. The van der Waals surface area contributed by atoms with E-state index < -0.39 is 23.9 Å². The van der Waals surface area contributed by atoms with Gasteiger partial charge in [-0.15, -0.1) is 0 Å². The summed E-state index contributed by atoms with van der Waals surface area (Å²) in [6.45, 7) is 0. The van der Waals surface area contributed by atoms with Crippen LogP contribution in [0.5, 0.6) is 0 Å². The monoisotopic (exact) mass is 489 g/mol. The van der Waals surface area contributed by atoms with E-state index in [0.29, 0.717) is 44.1 Å². The number of carbonyl (C=O) groups excluding carboxylic acids is 1. The summed E-state index contributed by atoms with van der Waals surface area (Å²) in [4.78, 5) is 11.2. The third-order valence-corrected chi connectivity index (χ3v) is 6.97. The van der Waals surface area contributed by atoms with Crippen molar-refractivity contribution >= 4 is 5.97 Å². The second kappa shape index (κ2) is 14.0. The first-order chi connectivity index (χ1) is 16.2. The van der Waals surface area contributed by atoms with Gasteiger partial charge in [0.05, 0.1) is 24.9 Å². The molecule has 0 saturated heterocycles. The Balaban J connectivity index is 1.78. The van der Waals surface area contributed by atoms with Crippen molar-refractivity contribution in [3.8, 4) is 0 Å². The molecule has 1 aliphatic rings. The second-order valence-corrected chi connectivity index (χ2v) is 9.36. The highest BCUT2D eigenvalue weighted by atomic mass is 19.4. The fourth-order valence-electron chi connectivity index (χ4n) is 5.03. The summed E-state index contributed by atoms with van der Waals surface area (Å²) in [5, 5.41) is 30.5. The zero-order valence-electron chi connectivity index (χ0n) is 19.8. The Morgan fingerprint density at radius 3 is 2.56 bits per heavy atom. The number of methoxy groups -OCH3 is 1. The number of nitrogens with one attached hydrogen (secondary N) is 1. The van der Waals surface area contributed by atoms with Crippen LogP contribution in [0.15, 0.2) is 24.3 Å². The van der Waals surface area contributed by atoms with Crippen LogP contribution in [-0.4, -0.2) is 46.7 Å². The van der Waals surface area contributed by atoms with Gasteiger partial charge in [-0.05, 0) is 68.4 Å². The molecular weight excluding hydrogens is 451 g/mol. The number of ether oxygens (including phenoxy) is 1. The van der Waals surface area contributed by atoms with E-state index in [1.54, 1.807) is 6.07 Å². The van der Waals surface area contributed by atoms with E-state index in [4.69, 9.17) is 0 Å². The molecule has 5 unspecified atom stereocenters. The Hall–Kier alpha value is -1.68. The number of esters is 1. The maximum Gasteiger partial charge on any atom is 0.416 e. The van der Waals surface area contributed by atoms with E-state index in [0.717, 1.165) is 44.2 Å². The SMILES string of the molecule is COC(=O)CCCCCCC1C(O)CC(NO)C1CCC(O)CCc1cccc(C(F)(F)F)c1. The number of hydrogen-bond acceptors (Lipinski definition) is 6. The lowest BCUT2D eigenvalue weighted by Gasteiger charge is -2.26. The predicted octanol–water partition coefficient (Wildman–Crippen LogP) is 4.64. The van der Waals surface area contributed by atoms with E-state index in [2.05, 4.69) is 10.2 Å². The first-order valence-electron chi connectivity index (χ1n) is 12.1. The molecule has 2 rings (SSSR count). The van der Waals surface area contributed by atoms with Gasteiger partial charge in [-0.3, -0.25) is 4.79 Å². The Kier molecular flexibility index (Phi) is 11.8. The molecule has 0 amide bonds. The average molecular weight is 490 g/mol. The van der Waals surface area contributed by atoms with Gasteiger partial charge in [0.15, 0.2) is 0 Å². The van der Waals surface area contributed by atoms with Crippen LogP contribution in [0.4, 0.5) is 13.2 Å². The highest BCUT2D eigenvalue weighted by Gasteiger charge is 2.41. The number of aryl methyl sites for hydroxylation is 1. The molecule has 1 aromatic rings. The summed E-state index contributed by atoms with van der Waals surface area (Å²) in [5.41, 5.74) is 2.15. The van der Waals surface area contributed by atoms with Gasteiger partial charge < -0.3 is 20.2 Å². The largest absolute Gasteiger partial charge is 0.469 e. The number of aliphatic hydroxyl groups is 2. The molecule has 0 radical (unpaired) electrons. The van der Waals surface area contributed by atoms with E-state index in [9.17, 15) is 33.4 Å². The van der Waals surface area contributed by atoms with Gasteiger partial charge >= 0.3 is 12.1 Å². The molecule has 34 heavy (non-hydrogen) atoms. The Morgan fingerprint density at radius 1 is 1.15 bits per heavy atom. The molecule has 1 aliphatic carbocycles. The van der Waals surface area contributed by atoms with E-state index in [1.165, 1.54) is 13.2 Å². The summed E-state index contributed by atoms with van der Waals surface area (Å²) < 4.78 is 43.3. The van der Waals surface area contributed by atoms with Crippen molar-refractivity contribution in [3.05, 3.63) is 35.4 Å². The molecule has 1 saturated carbocycles. The minimum atomic E-state index is -4.39. The zero-order chi connectivity index (χ0) is 25.1. The van der Waals surface area contributed by atoms with Gasteiger partial charge in [-0.2, -0.15) is 13.2 Å². The number of halogens is 3. The van der Waals surface area contributed by atoms with Crippen LogP contribution in [0.25, 0.3) is 0 Å². The van der Waals surface area contributed by atoms with Gasteiger partial charge in [-0.25, -0.2) is 5.48 Å². The predicted molar refractivity (Wildman–Crippen MR) is 121 cm³/mol. The maximum atomic E-state index is 12.9. The van der Waals surface area contributed by atoms with E-state index >= 15 is 0 Å². The molecule has 0 spiro atoms. The Morgan fingerprint density at radius 2 is 1.88 bits per heavy atom. The van der Waals surface area contributed by atoms with Gasteiger partial charge in [0, 0.05) is 12.5 Å². The number of hydroxylamine groups is 1. The van der Waals surface area contributed by atoms with Gasteiger partial charge in [0.25, 0.3) is 0 Å². The topological polar surface area (TPSA) is 99.0 Å². The number of rotatable bonds is 14. The molecule has 1 fully saturated rings. The third kappa shape index (κ3) is 9.17. The molecule has 0 heterocycles. The quantitative estimate of drug-likeness (QED) is 0.173. The van der Waals surface area contributed by atoms with Crippen LogP contribution in [0.1, 0.15) is 75.3 Å². The van der Waals surface area contributed by atoms with Gasteiger partial charge in [-0.1, -0.05) is 37.5 Å².